The van der Waals surface area contributed by atoms with Crippen LogP contribution in [-0.4, -0.2) is 5.16 Å². The lowest BCUT2D eigenvalue weighted by molar-refractivity contribution is 0.397. The minimum atomic E-state index is 0.590. The lowest BCUT2D eigenvalue weighted by atomic mass is 10.0. The van der Waals surface area contributed by atoms with Crippen molar-refractivity contribution in [2.45, 2.75) is 6.92 Å². The molecule has 0 aliphatic heterocycles. The van der Waals surface area contributed by atoms with E-state index in [0.29, 0.717) is 17.1 Å². The SMILES string of the molecule is Cc1onc(/C=C/c2ccc(-c3ccccc3)cc2)c1N. The molecule has 0 fully saturated rings. The highest BCUT2D eigenvalue weighted by atomic mass is 16.5. The summed E-state index contributed by atoms with van der Waals surface area (Å²) in [5, 5.41) is 3.91. The Morgan fingerprint density at radius 3 is 2.19 bits per heavy atom. The van der Waals surface area contributed by atoms with Gasteiger partial charge in [-0.15, -0.1) is 0 Å². The zero-order valence-electron chi connectivity index (χ0n) is 11.8. The Morgan fingerprint density at radius 2 is 1.57 bits per heavy atom. The smallest absolute Gasteiger partial charge is 0.157 e. The van der Waals surface area contributed by atoms with E-state index < -0.39 is 0 Å². The third-order valence-corrected chi connectivity index (χ3v) is 3.39. The van der Waals surface area contributed by atoms with Gasteiger partial charge in [-0.1, -0.05) is 65.8 Å². The van der Waals surface area contributed by atoms with Gasteiger partial charge in [0.15, 0.2) is 5.76 Å². The normalized spacial score (nSPS) is 11.1. The number of nitrogens with two attached hydrogens (primary N) is 1. The molecule has 0 atom stereocenters. The number of nitrogens with zero attached hydrogens (tertiary/aromatic N) is 1. The third kappa shape index (κ3) is 2.87. The second-order valence-electron chi connectivity index (χ2n) is 4.86. The van der Waals surface area contributed by atoms with E-state index in [2.05, 4.69) is 41.6 Å². The van der Waals surface area contributed by atoms with Crippen LogP contribution >= 0.6 is 0 Å². The first-order chi connectivity index (χ1) is 10.2. The van der Waals surface area contributed by atoms with Crippen LogP contribution in [0.25, 0.3) is 23.3 Å². The van der Waals surface area contributed by atoms with Gasteiger partial charge < -0.3 is 10.3 Å². The molecular formula is C18H16N2O. The van der Waals surface area contributed by atoms with Crippen molar-refractivity contribution in [3.63, 3.8) is 0 Å². The van der Waals surface area contributed by atoms with Gasteiger partial charge in [0.2, 0.25) is 0 Å². The maximum Gasteiger partial charge on any atom is 0.157 e. The minimum Gasteiger partial charge on any atom is -0.394 e. The molecule has 21 heavy (non-hydrogen) atoms. The molecule has 1 heterocycles. The van der Waals surface area contributed by atoms with E-state index in [4.69, 9.17) is 10.3 Å². The standard InChI is InChI=1S/C18H16N2O/c1-13-18(19)17(20-21-13)12-9-14-7-10-16(11-8-14)15-5-3-2-4-6-15/h2-12H,19H2,1H3/b12-9+. The Kier molecular flexibility index (Phi) is 3.56. The second-order valence-corrected chi connectivity index (χ2v) is 4.86. The van der Waals surface area contributed by atoms with E-state index in [-0.39, 0.29) is 0 Å². The number of aryl methyl sites for hydroxylation is 1. The molecule has 0 amide bonds. The average Bonchev–Trinajstić information content (AvgIpc) is 2.86. The first-order valence-corrected chi connectivity index (χ1v) is 6.79. The Hall–Kier alpha value is -2.81. The number of anilines is 1. The van der Waals surface area contributed by atoms with Crippen LogP contribution in [0.15, 0.2) is 59.1 Å². The van der Waals surface area contributed by atoms with Crippen LogP contribution in [0.2, 0.25) is 0 Å². The van der Waals surface area contributed by atoms with E-state index >= 15 is 0 Å². The summed E-state index contributed by atoms with van der Waals surface area (Å²) < 4.78 is 5.03. The van der Waals surface area contributed by atoms with Gasteiger partial charge in [-0.25, -0.2) is 0 Å². The third-order valence-electron chi connectivity index (χ3n) is 3.39. The van der Waals surface area contributed by atoms with Crippen LogP contribution in [0.5, 0.6) is 0 Å². The highest BCUT2D eigenvalue weighted by molar-refractivity contribution is 5.75. The van der Waals surface area contributed by atoms with E-state index in [0.717, 1.165) is 5.56 Å². The van der Waals surface area contributed by atoms with Gasteiger partial charge in [0.1, 0.15) is 11.4 Å². The zero-order chi connectivity index (χ0) is 14.7. The van der Waals surface area contributed by atoms with Gasteiger partial charge in [0, 0.05) is 0 Å². The molecule has 0 saturated carbocycles. The molecule has 0 spiro atoms. The zero-order valence-corrected chi connectivity index (χ0v) is 11.8. The van der Waals surface area contributed by atoms with Crippen LogP contribution in [-0.2, 0) is 0 Å². The fourth-order valence-corrected chi connectivity index (χ4v) is 2.11. The first-order valence-electron chi connectivity index (χ1n) is 6.79. The molecule has 3 nitrogen and oxygen atoms in total. The predicted octanol–water partition coefficient (Wildman–Crippen LogP) is 4.40. The summed E-state index contributed by atoms with van der Waals surface area (Å²) >= 11 is 0. The Bertz CT molecular complexity index is 756. The Balaban J connectivity index is 1.80. The Morgan fingerprint density at radius 1 is 0.905 bits per heavy atom. The van der Waals surface area contributed by atoms with Crippen molar-refractivity contribution in [2.24, 2.45) is 0 Å². The van der Waals surface area contributed by atoms with Gasteiger partial charge in [0.25, 0.3) is 0 Å². The van der Waals surface area contributed by atoms with Crippen LogP contribution in [0, 0.1) is 6.92 Å². The number of aromatic nitrogens is 1. The molecular weight excluding hydrogens is 260 g/mol. The molecule has 3 aromatic rings. The van der Waals surface area contributed by atoms with Crippen molar-refractivity contribution in [1.82, 2.24) is 5.16 Å². The van der Waals surface area contributed by atoms with Crippen molar-refractivity contribution >= 4 is 17.8 Å². The second kappa shape index (κ2) is 5.67. The lowest BCUT2D eigenvalue weighted by Crippen LogP contribution is -1.86. The molecule has 3 heteroatoms. The van der Waals surface area contributed by atoms with Crippen LogP contribution in [0.1, 0.15) is 17.0 Å². The van der Waals surface area contributed by atoms with Crippen LogP contribution in [0.3, 0.4) is 0 Å². The van der Waals surface area contributed by atoms with Gasteiger partial charge in [-0.2, -0.15) is 0 Å². The number of rotatable bonds is 3. The summed E-state index contributed by atoms with van der Waals surface area (Å²) in [5.41, 5.74) is 10.6. The average molecular weight is 276 g/mol. The summed E-state index contributed by atoms with van der Waals surface area (Å²) in [6.45, 7) is 1.80. The summed E-state index contributed by atoms with van der Waals surface area (Å²) in [4.78, 5) is 0. The molecule has 0 aliphatic rings. The van der Waals surface area contributed by atoms with E-state index in [1.807, 2.05) is 30.4 Å². The van der Waals surface area contributed by atoms with Crippen LogP contribution < -0.4 is 5.73 Å². The van der Waals surface area contributed by atoms with Crippen molar-refractivity contribution in [2.75, 3.05) is 5.73 Å². The fraction of sp³-hybridized carbons (Fsp3) is 0.0556. The van der Waals surface area contributed by atoms with E-state index in [1.165, 1.54) is 11.1 Å². The van der Waals surface area contributed by atoms with E-state index in [1.54, 1.807) is 6.92 Å². The molecule has 0 aliphatic carbocycles. The number of benzene rings is 2. The number of nitrogen functional groups attached to an aromatic ring is 1. The maximum atomic E-state index is 5.86. The molecule has 1 aromatic heterocycles. The van der Waals surface area contributed by atoms with Crippen molar-refractivity contribution in [1.29, 1.82) is 0 Å². The van der Waals surface area contributed by atoms with E-state index in [9.17, 15) is 0 Å². The first kappa shape index (κ1) is 13.2. The summed E-state index contributed by atoms with van der Waals surface area (Å²) in [7, 11) is 0. The Labute approximate surface area is 123 Å². The summed E-state index contributed by atoms with van der Waals surface area (Å²) in [5.74, 6) is 0.647. The molecule has 104 valence electrons. The monoisotopic (exact) mass is 276 g/mol. The highest BCUT2D eigenvalue weighted by Gasteiger charge is 2.05. The highest BCUT2D eigenvalue weighted by Crippen LogP contribution is 2.21. The molecule has 0 radical (unpaired) electrons. The van der Waals surface area contributed by atoms with Gasteiger partial charge in [-0.05, 0) is 29.7 Å². The number of hydrogen-bond acceptors (Lipinski definition) is 3. The minimum absolute atomic E-state index is 0.590. The predicted molar refractivity (Wildman–Crippen MR) is 86.5 cm³/mol. The van der Waals surface area contributed by atoms with Crippen molar-refractivity contribution in [3.05, 3.63) is 71.6 Å². The molecule has 0 unspecified atom stereocenters. The summed E-state index contributed by atoms with van der Waals surface area (Å²) in [6, 6.07) is 18.7. The van der Waals surface area contributed by atoms with Crippen molar-refractivity contribution in [3.8, 4) is 11.1 Å². The van der Waals surface area contributed by atoms with Gasteiger partial charge in [-0.3, -0.25) is 0 Å². The molecule has 0 saturated heterocycles. The van der Waals surface area contributed by atoms with Crippen LogP contribution in [0.4, 0.5) is 5.69 Å². The molecule has 2 N–H and O–H groups in total. The summed E-state index contributed by atoms with van der Waals surface area (Å²) in [6.07, 6.45) is 3.84. The molecule has 0 bridgehead atoms. The van der Waals surface area contributed by atoms with Crippen molar-refractivity contribution < 1.29 is 4.52 Å². The lowest BCUT2D eigenvalue weighted by Gasteiger charge is -2.01. The van der Waals surface area contributed by atoms with Gasteiger partial charge >= 0.3 is 0 Å². The largest absolute Gasteiger partial charge is 0.394 e. The maximum absolute atomic E-state index is 5.86. The number of hydrogen-bond donors (Lipinski definition) is 1. The quantitative estimate of drug-likeness (QED) is 0.771. The molecule has 3 rings (SSSR count). The topological polar surface area (TPSA) is 52.0 Å². The molecule has 2 aromatic carbocycles. The van der Waals surface area contributed by atoms with Gasteiger partial charge in [0.05, 0.1) is 0 Å². The fourth-order valence-electron chi connectivity index (χ4n) is 2.11.